The third-order valence-electron chi connectivity index (χ3n) is 20.2. The molecule has 0 atom stereocenters. The van der Waals surface area contributed by atoms with E-state index in [1.165, 1.54) is 265 Å². The first-order chi connectivity index (χ1) is 38.6. The van der Waals surface area contributed by atoms with Crippen molar-refractivity contribution in [3.8, 4) is 11.1 Å². The Kier molecular flexibility index (Phi) is 17.3. The lowest BCUT2D eigenvalue weighted by atomic mass is 9.65. The molecule has 0 aliphatic heterocycles. The molecule has 0 bridgehead atoms. The van der Waals surface area contributed by atoms with Crippen molar-refractivity contribution in [2.75, 3.05) is 9.80 Å². The van der Waals surface area contributed by atoms with Gasteiger partial charge in [0.2, 0.25) is 0 Å². The Labute approximate surface area is 471 Å². The molecule has 5 saturated carbocycles. The van der Waals surface area contributed by atoms with Crippen molar-refractivity contribution >= 4 is 34.1 Å². The molecular weight excluding hydrogens is 941 g/mol. The lowest BCUT2D eigenvalue weighted by Gasteiger charge is -2.39. The van der Waals surface area contributed by atoms with Gasteiger partial charge in [0.15, 0.2) is 0 Å². The summed E-state index contributed by atoms with van der Waals surface area (Å²) in [4.78, 5) is 5.02. The van der Waals surface area contributed by atoms with Crippen LogP contribution in [0.3, 0.4) is 0 Å². The molecule has 0 amide bonds. The minimum Gasteiger partial charge on any atom is -0.311 e. The van der Waals surface area contributed by atoms with Gasteiger partial charge in [-0.05, 0) is 205 Å². The van der Waals surface area contributed by atoms with Crippen molar-refractivity contribution in [3.63, 3.8) is 0 Å². The smallest absolute Gasteiger partial charge is 0.0462 e. The monoisotopic (exact) mass is 1030 g/mol. The van der Waals surface area contributed by atoms with Gasteiger partial charge in [-0.3, -0.25) is 0 Å². The maximum absolute atomic E-state index is 2.52. The summed E-state index contributed by atoms with van der Waals surface area (Å²) in [5.41, 5.74) is 18.9. The molecule has 7 aromatic carbocycles. The Balaban J connectivity index is 0.839. The van der Waals surface area contributed by atoms with E-state index in [0.29, 0.717) is 23.7 Å². The zero-order valence-corrected chi connectivity index (χ0v) is 47.4. The molecule has 0 spiro atoms. The van der Waals surface area contributed by atoms with E-state index >= 15 is 0 Å². The van der Waals surface area contributed by atoms with Crippen molar-refractivity contribution in [1.82, 2.24) is 0 Å². The van der Waals surface area contributed by atoms with Crippen LogP contribution in [0.4, 0.5) is 34.1 Å². The Morgan fingerprint density at radius 2 is 0.423 bits per heavy atom. The molecule has 0 radical (unpaired) electrons. The lowest BCUT2D eigenvalue weighted by Crippen LogP contribution is -2.30. The average Bonchev–Trinajstić information content (AvgIpc) is 3.50. The number of benzene rings is 7. The summed E-state index contributed by atoms with van der Waals surface area (Å²) < 4.78 is 0. The molecule has 0 heterocycles. The Hall–Kier alpha value is -5.86. The fourth-order valence-electron chi connectivity index (χ4n) is 15.5. The Morgan fingerprint density at radius 1 is 0.218 bits per heavy atom. The molecule has 404 valence electrons. The minimum atomic E-state index is -0.0276. The second kappa shape index (κ2) is 25.5. The SMILES string of the molecule is c1cc(C2CCCCCCC2)ccc1-c1ccc(N(c2ccc(C3CCCCC3)cc2)c2ccc(C3(c4ccc(N(c5ccc(C6CCCCCCC6)cc5)c5ccc(C6CCCCC6)cc5)cc4)CCCCC3)cc2)cc1. The molecule has 0 aromatic heterocycles. The summed E-state index contributed by atoms with van der Waals surface area (Å²) in [5, 5.41) is 0. The van der Waals surface area contributed by atoms with Crippen LogP contribution in [-0.4, -0.2) is 0 Å². The molecular formula is C76H90N2. The zero-order chi connectivity index (χ0) is 52.4. The lowest BCUT2D eigenvalue weighted by molar-refractivity contribution is 0.346. The molecule has 7 aromatic rings. The number of nitrogens with zero attached hydrogens (tertiary/aromatic N) is 2. The number of rotatable bonds is 13. The predicted octanol–water partition coefficient (Wildman–Crippen LogP) is 23.3. The third kappa shape index (κ3) is 12.1. The molecule has 0 unspecified atom stereocenters. The van der Waals surface area contributed by atoms with Gasteiger partial charge in [0.05, 0.1) is 0 Å². The summed E-state index contributed by atoms with van der Waals surface area (Å²) in [5.74, 6) is 2.78. The van der Waals surface area contributed by atoms with Crippen LogP contribution in [-0.2, 0) is 5.41 Å². The van der Waals surface area contributed by atoms with Gasteiger partial charge in [-0.2, -0.15) is 0 Å². The molecule has 2 heteroatoms. The normalized spacial score (nSPS) is 19.5. The third-order valence-corrected chi connectivity index (χ3v) is 20.2. The Bertz CT molecular complexity index is 2900. The minimum absolute atomic E-state index is 0.0276. The largest absolute Gasteiger partial charge is 0.311 e. The first-order valence-corrected chi connectivity index (χ1v) is 32.0. The van der Waals surface area contributed by atoms with Crippen LogP contribution in [0.25, 0.3) is 11.1 Å². The fourth-order valence-corrected chi connectivity index (χ4v) is 15.5. The van der Waals surface area contributed by atoms with Gasteiger partial charge in [0, 0.05) is 39.5 Å². The van der Waals surface area contributed by atoms with Crippen LogP contribution in [0.1, 0.15) is 243 Å². The van der Waals surface area contributed by atoms with Crippen molar-refractivity contribution in [2.45, 2.75) is 215 Å². The highest BCUT2D eigenvalue weighted by Gasteiger charge is 2.36. The first-order valence-electron chi connectivity index (χ1n) is 32.0. The van der Waals surface area contributed by atoms with Crippen LogP contribution in [0.2, 0.25) is 0 Å². The Morgan fingerprint density at radius 3 is 0.718 bits per heavy atom. The first kappa shape index (κ1) is 52.8. The number of hydrogen-bond acceptors (Lipinski definition) is 2. The molecule has 0 N–H and O–H groups in total. The van der Waals surface area contributed by atoms with E-state index in [-0.39, 0.29) is 5.41 Å². The predicted molar refractivity (Wildman–Crippen MR) is 333 cm³/mol. The molecule has 5 aliphatic rings. The summed E-state index contributed by atoms with van der Waals surface area (Å²) in [7, 11) is 0. The highest BCUT2D eigenvalue weighted by Crippen LogP contribution is 2.48. The molecule has 5 aliphatic carbocycles. The van der Waals surface area contributed by atoms with Crippen molar-refractivity contribution in [3.05, 3.63) is 203 Å². The van der Waals surface area contributed by atoms with Gasteiger partial charge in [-0.1, -0.05) is 219 Å². The van der Waals surface area contributed by atoms with E-state index in [9.17, 15) is 0 Å². The number of hydrogen-bond donors (Lipinski definition) is 0. The van der Waals surface area contributed by atoms with E-state index in [1.807, 2.05) is 0 Å². The van der Waals surface area contributed by atoms with Gasteiger partial charge in [0.25, 0.3) is 0 Å². The van der Waals surface area contributed by atoms with Crippen molar-refractivity contribution in [1.29, 1.82) is 0 Å². The van der Waals surface area contributed by atoms with E-state index < -0.39 is 0 Å². The summed E-state index contributed by atoms with van der Waals surface area (Å²) in [6, 6.07) is 67.8. The fraction of sp³-hybridized carbons (Fsp3) is 0.447. The van der Waals surface area contributed by atoms with Crippen LogP contribution in [0.15, 0.2) is 170 Å². The average molecular weight is 1030 g/mol. The molecule has 5 fully saturated rings. The van der Waals surface area contributed by atoms with Gasteiger partial charge in [0.1, 0.15) is 0 Å². The van der Waals surface area contributed by atoms with Gasteiger partial charge in [-0.15, -0.1) is 0 Å². The van der Waals surface area contributed by atoms with Gasteiger partial charge in [-0.25, -0.2) is 0 Å². The second-order valence-electron chi connectivity index (χ2n) is 25.1. The van der Waals surface area contributed by atoms with Crippen LogP contribution < -0.4 is 9.80 Å². The maximum Gasteiger partial charge on any atom is 0.0462 e. The standard InChI is InChI=1S/C76H90N2/c1-3-10-20-58(21-11-4-1)62-28-30-63(31-29-62)67-38-50-73(51-39-67)78(72-48-36-66(37-49-72)61-26-16-8-17-27-61)75-54-42-69(43-55-75)76(56-18-9-19-57-76)68-40-52-74(53-41-68)77(71-46-34-65(35-47-71)60-24-14-7-15-25-60)70-44-32-64(33-45-70)59-22-12-5-2-6-13-23-59/h28-55,58-61H,1-27,56-57H2. The summed E-state index contributed by atoms with van der Waals surface area (Å²) in [6.45, 7) is 0. The zero-order valence-electron chi connectivity index (χ0n) is 47.4. The molecule has 2 nitrogen and oxygen atoms in total. The second-order valence-corrected chi connectivity index (χ2v) is 25.1. The molecule has 12 rings (SSSR count). The van der Waals surface area contributed by atoms with E-state index in [1.54, 1.807) is 0 Å². The van der Waals surface area contributed by atoms with Gasteiger partial charge >= 0.3 is 0 Å². The topological polar surface area (TPSA) is 6.48 Å². The van der Waals surface area contributed by atoms with Crippen LogP contribution in [0.5, 0.6) is 0 Å². The molecule has 0 saturated heterocycles. The van der Waals surface area contributed by atoms with E-state index in [0.717, 1.165) is 0 Å². The van der Waals surface area contributed by atoms with Gasteiger partial charge < -0.3 is 9.80 Å². The molecule has 78 heavy (non-hydrogen) atoms. The van der Waals surface area contributed by atoms with E-state index in [4.69, 9.17) is 0 Å². The highest BCUT2D eigenvalue weighted by molar-refractivity contribution is 5.80. The maximum atomic E-state index is 2.52. The van der Waals surface area contributed by atoms with Crippen LogP contribution >= 0.6 is 0 Å². The van der Waals surface area contributed by atoms with Crippen LogP contribution in [0, 0.1) is 0 Å². The summed E-state index contributed by atoms with van der Waals surface area (Å²) in [6.07, 6.45) is 38.9. The quantitative estimate of drug-likeness (QED) is 0.114. The highest BCUT2D eigenvalue weighted by atomic mass is 15.1. The van der Waals surface area contributed by atoms with E-state index in [2.05, 4.69) is 180 Å². The van der Waals surface area contributed by atoms with Crippen molar-refractivity contribution < 1.29 is 0 Å². The summed E-state index contributed by atoms with van der Waals surface area (Å²) >= 11 is 0. The number of anilines is 6. The van der Waals surface area contributed by atoms with Crippen molar-refractivity contribution in [2.24, 2.45) is 0 Å².